The van der Waals surface area contributed by atoms with E-state index in [2.05, 4.69) is 455 Å². The van der Waals surface area contributed by atoms with E-state index in [9.17, 15) is 0 Å². The fourth-order valence-corrected chi connectivity index (χ4v) is 20.4. The van der Waals surface area contributed by atoms with Gasteiger partial charge in [-0.05, 0) is 316 Å². The Morgan fingerprint density at radius 2 is 0.399 bits per heavy atom. The average molecular weight is 2070 g/mol. The number of hydrogen-bond donors (Lipinski definition) is 0. The predicted molar refractivity (Wildman–Crippen MR) is 608 cm³/mol. The minimum atomic E-state index is -0.898. The van der Waals surface area contributed by atoms with Crippen LogP contribution in [0.4, 0.5) is 0 Å². The molecule has 24 heterocycles. The van der Waals surface area contributed by atoms with Crippen molar-refractivity contribution in [2.24, 2.45) is 0 Å². The summed E-state index contributed by atoms with van der Waals surface area (Å²) in [7, 11) is 0. The topological polar surface area (TPSA) is 129 Å². The zero-order chi connectivity index (χ0) is 98.2. The van der Waals surface area contributed by atoms with Crippen molar-refractivity contribution in [2.75, 3.05) is 0 Å². The molecule has 1 radical (unpaired) electrons. The minimum Gasteiger partial charge on any atom is -0.421 e. The van der Waals surface area contributed by atoms with Crippen molar-refractivity contribution >= 4 is 130 Å². The smallest absolute Gasteiger partial charge is 0.343 e. The summed E-state index contributed by atoms with van der Waals surface area (Å²) < 4.78 is 18.6. The van der Waals surface area contributed by atoms with E-state index in [0.29, 0.717) is 27.3 Å². The van der Waals surface area contributed by atoms with Crippen LogP contribution in [0.2, 0.25) is 0 Å². The van der Waals surface area contributed by atoms with Crippen molar-refractivity contribution < 1.29 is 33.4 Å². The number of nitrogens with zero attached hydrogens (tertiary/aromatic N) is 3. The molecule has 0 saturated heterocycles. The maximum Gasteiger partial charge on any atom is 0.343 e. The van der Waals surface area contributed by atoms with Crippen molar-refractivity contribution in [3.8, 4) is 134 Å². The molecule has 44 aromatic rings. The first kappa shape index (κ1) is 91.4. The van der Waals surface area contributed by atoms with Crippen LogP contribution in [0.15, 0.2) is 544 Å². The summed E-state index contributed by atoms with van der Waals surface area (Å²) in [4.78, 5) is 60.3. The van der Waals surface area contributed by atoms with Gasteiger partial charge in [0.25, 0.3) is 0 Å². The third kappa shape index (κ3) is 18.6. The summed E-state index contributed by atoms with van der Waals surface area (Å²) in [5, 5.41) is 12.9. The first-order chi connectivity index (χ1) is 72.5. The van der Waals surface area contributed by atoms with Gasteiger partial charge in [-0.15, -0.1) is 47.2 Å². The summed E-state index contributed by atoms with van der Waals surface area (Å²) >= 11 is 0. The molecule has 0 aliphatic heterocycles. The normalized spacial score (nSPS) is 11.3. The third-order valence-corrected chi connectivity index (χ3v) is 27.7. The van der Waals surface area contributed by atoms with Gasteiger partial charge >= 0.3 is 16.9 Å². The van der Waals surface area contributed by atoms with Crippen molar-refractivity contribution in [3.63, 3.8) is 0 Å². The quantitative estimate of drug-likeness (QED) is 0.110. The standard InChI is InChI=1S/C138H85N3O6.Ir/c142-136-115-79-116-81-117(80-115)138(144)147-120-57-63-135(141-87-120)102-54-60-129(132(84-102)99-45-27-42-96(66-99)111-74-107(92-36-15-5-16-37-92)69-108(75-111)93-38-17-6-18-39-93)126-51-24-21-48-123(126)114-77-112(121-46-19-22-49-124(121)127-58-52-100(133-61-55-118(145-136)85-139-133)82-130(127)97-43-25-40-94(64-97)109-70-103(88-28-7-1-8-29-88)67-104(71-109)89-30-9-2-10-31-89)76-113(78-114)122-47-20-23-50-125(122)128-59-53-101(134-62-56-119(86-140-134)146-137(116)143)83-131(128)98-44-26-41-95(65-98)110-72-105(90-32-11-3-12-33-90)68-106(73-110)91-34-13-4-14-35-91;/h1-52,55-87H;/q-2;. The number of hydrogen-bond acceptors (Lipinski definition) is 9. The van der Waals surface area contributed by atoms with Gasteiger partial charge in [-0.3, -0.25) is 4.98 Å². The Hall–Kier alpha value is -19.1. The van der Waals surface area contributed by atoms with Gasteiger partial charge in [-0.1, -0.05) is 366 Å². The Kier molecular flexibility index (Phi) is 24.7. The van der Waals surface area contributed by atoms with Crippen molar-refractivity contribution in [1.29, 1.82) is 0 Å². The fraction of sp³-hybridized carbons (Fsp3) is 0. The molecular weight excluding hydrogens is 1990 g/mol. The predicted octanol–water partition coefficient (Wildman–Crippen LogP) is 35.2. The van der Waals surface area contributed by atoms with Crippen LogP contribution < -0.4 is 16.9 Å². The molecule has 0 amide bonds. The minimum absolute atomic E-state index is 0. The summed E-state index contributed by atoms with van der Waals surface area (Å²) in [6, 6.07) is 180. The number of pyridine rings is 3. The van der Waals surface area contributed by atoms with E-state index in [1.807, 2.05) is 6.07 Å². The second kappa shape index (κ2) is 40.0. The van der Waals surface area contributed by atoms with Crippen LogP contribution in [0.25, 0.3) is 264 Å². The molecule has 18 bridgehead atoms. The van der Waals surface area contributed by atoms with Crippen LogP contribution in [0.5, 0.6) is 0 Å². The van der Waals surface area contributed by atoms with E-state index in [0.717, 1.165) is 204 Å². The molecule has 0 spiro atoms. The SMILES string of the molecule is O=c1oc2ccc(nc2)c2[c-]cc(c(-c3cccc(-c4cc(-c5ccccc5)cc(-c5ccccc5)c4)c3)c2)c2ccccc2c2cc3cc(c2)c2ccccc2c2ccc(cc2-c2cccc(-c4cc(-c5ccccc5)cc(-c5ccccc5)c4)c2)c2ccc(cn2)oc(=O)c2cc1cc(c2)c(=O)oc1ccc(nc1)c1[c-]cc(c(-c2cccc(-c4cc(-c5ccccc5)cc(-c5ccccc5)c4)c2)c1)c1ccccc31.[Ir]. The first-order valence-electron chi connectivity index (χ1n) is 49.0. The summed E-state index contributed by atoms with van der Waals surface area (Å²) in [6.45, 7) is 0. The summed E-state index contributed by atoms with van der Waals surface area (Å²) in [5.41, 5.74) is 24.0. The largest absolute Gasteiger partial charge is 0.421 e. The number of rotatable bonds is 12. The molecule has 0 fully saturated rings. The Bertz CT molecular complexity index is 9020. The molecule has 0 aliphatic rings. The van der Waals surface area contributed by atoms with Crippen LogP contribution in [0.3, 0.4) is 0 Å². The van der Waals surface area contributed by atoms with Gasteiger partial charge in [0.2, 0.25) is 0 Å². The Balaban J connectivity index is 0.0000117. The molecule has 699 valence electrons. The Morgan fingerprint density at radius 1 is 0.162 bits per heavy atom. The monoisotopic (exact) mass is 2070 g/mol. The third-order valence-electron chi connectivity index (χ3n) is 27.7. The molecule has 24 aromatic heterocycles. The van der Waals surface area contributed by atoms with Gasteiger partial charge in [-0.2, -0.15) is 0 Å². The molecule has 10 heteroatoms. The molecule has 0 atom stereocenters. The zero-order valence-electron chi connectivity index (χ0n) is 79.7. The maximum absolute atomic E-state index is 15.1. The Labute approximate surface area is 865 Å². The maximum atomic E-state index is 15.1. The Morgan fingerprint density at radius 3 is 0.689 bits per heavy atom. The van der Waals surface area contributed by atoms with E-state index < -0.39 is 16.9 Å². The van der Waals surface area contributed by atoms with Gasteiger partial charge in [0.1, 0.15) is 16.7 Å². The summed E-state index contributed by atoms with van der Waals surface area (Å²) in [6.07, 6.45) is 4.46. The van der Waals surface area contributed by atoms with E-state index in [4.69, 9.17) is 28.2 Å². The van der Waals surface area contributed by atoms with Gasteiger partial charge < -0.3 is 23.2 Å². The van der Waals surface area contributed by atoms with Crippen LogP contribution in [0.1, 0.15) is 0 Å². The van der Waals surface area contributed by atoms with E-state index >= 15 is 14.4 Å². The molecule has 0 saturated carbocycles. The number of aromatic nitrogens is 3. The molecule has 0 unspecified atom stereocenters. The second-order valence-electron chi connectivity index (χ2n) is 37.0. The molecular formula is C138H85IrN3O6-2. The molecule has 0 aliphatic carbocycles. The van der Waals surface area contributed by atoms with E-state index in [1.165, 1.54) is 36.8 Å². The molecule has 148 heavy (non-hydrogen) atoms. The van der Waals surface area contributed by atoms with Gasteiger partial charge in [0, 0.05) is 25.5 Å². The van der Waals surface area contributed by atoms with Crippen LogP contribution in [-0.2, 0) is 20.1 Å². The molecule has 0 N–H and O–H groups in total. The van der Waals surface area contributed by atoms with Crippen molar-refractivity contribution in [2.45, 2.75) is 0 Å². The van der Waals surface area contributed by atoms with Crippen LogP contribution in [0, 0.1) is 12.1 Å². The second-order valence-corrected chi connectivity index (χ2v) is 37.0. The first-order valence-corrected chi connectivity index (χ1v) is 49.0. The molecule has 20 aromatic carbocycles. The van der Waals surface area contributed by atoms with Crippen molar-refractivity contribution in [3.05, 3.63) is 559 Å². The average Bonchev–Trinajstić information content (AvgIpc) is 0.749. The van der Waals surface area contributed by atoms with E-state index in [-0.39, 0.29) is 53.0 Å². The molecule has 44 rings (SSSR count). The van der Waals surface area contributed by atoms with Gasteiger partial charge in [0.05, 0.1) is 40.3 Å². The summed E-state index contributed by atoms with van der Waals surface area (Å²) in [5.74, 6) is 0. The van der Waals surface area contributed by atoms with Crippen LogP contribution >= 0.6 is 0 Å². The van der Waals surface area contributed by atoms with Crippen molar-refractivity contribution in [1.82, 2.24) is 15.0 Å². The van der Waals surface area contributed by atoms with Gasteiger partial charge in [-0.25, -0.2) is 14.4 Å². The van der Waals surface area contributed by atoms with Gasteiger partial charge in [0.15, 0.2) is 0 Å². The zero-order valence-corrected chi connectivity index (χ0v) is 82.1. The molecule has 9 nitrogen and oxygen atoms in total. The fourth-order valence-electron chi connectivity index (χ4n) is 20.4. The van der Waals surface area contributed by atoms with E-state index in [1.54, 1.807) is 30.3 Å². The van der Waals surface area contributed by atoms with Crippen LogP contribution in [-0.4, -0.2) is 15.0 Å². The number of benzene rings is 20.